The van der Waals surface area contributed by atoms with E-state index in [0.29, 0.717) is 23.2 Å². The number of ether oxygens (including phenoxy) is 2. The van der Waals surface area contributed by atoms with Gasteiger partial charge in [0, 0.05) is 23.8 Å². The van der Waals surface area contributed by atoms with Gasteiger partial charge in [-0.05, 0) is 107 Å². The number of benzene rings is 1. The molecule has 0 bridgehead atoms. The number of piperidine rings is 2. The number of methoxy groups -OCH3 is 2. The van der Waals surface area contributed by atoms with Crippen LogP contribution in [0.1, 0.15) is 55.6 Å². The summed E-state index contributed by atoms with van der Waals surface area (Å²) < 4.78 is 12.8. The lowest BCUT2D eigenvalue weighted by molar-refractivity contribution is 0.0843. The first-order valence-corrected chi connectivity index (χ1v) is 13.2. The van der Waals surface area contributed by atoms with Gasteiger partial charge in [-0.25, -0.2) is 9.50 Å². The van der Waals surface area contributed by atoms with Crippen molar-refractivity contribution in [3.8, 4) is 22.9 Å². The summed E-state index contributed by atoms with van der Waals surface area (Å²) in [5, 5.41) is 4.84. The molecule has 0 unspecified atom stereocenters. The van der Waals surface area contributed by atoms with E-state index in [9.17, 15) is 0 Å². The molecule has 1 aliphatic carbocycles. The molecule has 7 heteroatoms. The lowest BCUT2D eigenvalue weighted by Crippen LogP contribution is -2.47. The maximum absolute atomic E-state index is 5.47. The molecule has 0 atom stereocenters. The Labute approximate surface area is 208 Å². The minimum absolute atomic E-state index is 0.592. The predicted octanol–water partition coefficient (Wildman–Crippen LogP) is 4.53. The topological polar surface area (TPSA) is 55.1 Å². The summed E-state index contributed by atoms with van der Waals surface area (Å²) in [6.45, 7) is 7.18. The van der Waals surface area contributed by atoms with Crippen molar-refractivity contribution in [2.24, 2.45) is 0 Å². The van der Waals surface area contributed by atoms with Crippen molar-refractivity contribution in [2.75, 3.05) is 40.4 Å². The van der Waals surface area contributed by atoms with Gasteiger partial charge in [-0.1, -0.05) is 6.07 Å². The molecule has 6 rings (SSSR count). The van der Waals surface area contributed by atoms with Crippen LogP contribution in [0.25, 0.3) is 17.0 Å². The summed E-state index contributed by atoms with van der Waals surface area (Å²) in [6, 6.07) is 9.86. The fourth-order valence-corrected chi connectivity index (χ4v) is 6.15. The highest BCUT2D eigenvalue weighted by atomic mass is 16.5. The molecule has 186 valence electrons. The molecule has 2 aliphatic heterocycles. The summed E-state index contributed by atoms with van der Waals surface area (Å²) in [7, 11) is 3.30. The van der Waals surface area contributed by atoms with Gasteiger partial charge in [0.25, 0.3) is 0 Å². The van der Waals surface area contributed by atoms with Gasteiger partial charge in [-0.15, -0.1) is 5.10 Å². The Morgan fingerprint density at radius 1 is 0.800 bits per heavy atom. The van der Waals surface area contributed by atoms with Crippen LogP contribution >= 0.6 is 0 Å². The zero-order valence-corrected chi connectivity index (χ0v) is 21.2. The van der Waals surface area contributed by atoms with E-state index in [4.69, 9.17) is 19.6 Å². The van der Waals surface area contributed by atoms with E-state index in [0.717, 1.165) is 23.3 Å². The van der Waals surface area contributed by atoms with Crippen molar-refractivity contribution < 1.29 is 9.47 Å². The van der Waals surface area contributed by atoms with Crippen molar-refractivity contribution >= 4 is 5.65 Å². The van der Waals surface area contributed by atoms with E-state index in [-0.39, 0.29) is 0 Å². The second-order valence-corrected chi connectivity index (χ2v) is 10.5. The summed E-state index contributed by atoms with van der Waals surface area (Å²) in [6.07, 6.45) is 10.2. The Bertz CT molecular complexity index is 1190. The van der Waals surface area contributed by atoms with Gasteiger partial charge in [0.05, 0.1) is 14.2 Å². The lowest BCUT2D eigenvalue weighted by atomic mass is 9.88. The first-order chi connectivity index (χ1) is 17.1. The van der Waals surface area contributed by atoms with Crippen LogP contribution in [0.15, 0.2) is 30.5 Å². The fourth-order valence-electron chi connectivity index (χ4n) is 6.15. The van der Waals surface area contributed by atoms with Crippen LogP contribution in [0.2, 0.25) is 0 Å². The van der Waals surface area contributed by atoms with Crippen LogP contribution < -0.4 is 9.47 Å². The van der Waals surface area contributed by atoms with E-state index in [1.165, 1.54) is 75.8 Å². The standard InChI is InChI=1S/C28H37N5O2/c1-19-16-22(20-8-12-31(13-9-20)24-10-14-32(15-11-24)23-5-6-23)18-33-28(19)29-27(30-33)21-4-7-25(34-2)26(17-21)35-3/h4,7,16-18,20,23-24H,5-6,8-15H2,1-3H3. The monoisotopic (exact) mass is 475 g/mol. The number of aromatic nitrogens is 3. The molecule has 7 nitrogen and oxygen atoms in total. The van der Waals surface area contributed by atoms with Gasteiger partial charge < -0.3 is 19.3 Å². The predicted molar refractivity (Wildman–Crippen MR) is 137 cm³/mol. The molecular formula is C28H37N5O2. The zero-order chi connectivity index (χ0) is 23.9. The second-order valence-electron chi connectivity index (χ2n) is 10.5. The fraction of sp³-hybridized carbons (Fsp3) is 0.571. The average Bonchev–Trinajstić information content (AvgIpc) is 3.67. The van der Waals surface area contributed by atoms with Crippen molar-refractivity contribution in [3.05, 3.63) is 41.6 Å². The first-order valence-electron chi connectivity index (χ1n) is 13.2. The number of fused-ring (bicyclic) bond motifs is 1. The van der Waals surface area contributed by atoms with Gasteiger partial charge in [-0.2, -0.15) is 0 Å². The smallest absolute Gasteiger partial charge is 0.182 e. The summed E-state index contributed by atoms with van der Waals surface area (Å²) in [4.78, 5) is 10.3. The summed E-state index contributed by atoms with van der Waals surface area (Å²) in [5.74, 6) is 2.69. The molecule has 0 spiro atoms. The molecule has 2 aromatic heterocycles. The molecule has 3 aromatic rings. The van der Waals surface area contributed by atoms with Crippen LogP contribution in [0.4, 0.5) is 0 Å². The number of hydrogen-bond donors (Lipinski definition) is 0. The number of hydrogen-bond acceptors (Lipinski definition) is 6. The van der Waals surface area contributed by atoms with Gasteiger partial charge in [0.2, 0.25) is 0 Å². The molecule has 1 aromatic carbocycles. The third-order valence-corrected chi connectivity index (χ3v) is 8.36. The molecule has 3 fully saturated rings. The molecule has 3 aliphatic rings. The maximum atomic E-state index is 5.47. The molecule has 0 radical (unpaired) electrons. The highest BCUT2D eigenvalue weighted by Gasteiger charge is 2.34. The molecule has 4 heterocycles. The minimum Gasteiger partial charge on any atom is -0.493 e. The Kier molecular flexibility index (Phi) is 6.14. The molecule has 2 saturated heterocycles. The van der Waals surface area contributed by atoms with E-state index >= 15 is 0 Å². The van der Waals surface area contributed by atoms with Gasteiger partial charge >= 0.3 is 0 Å². The van der Waals surface area contributed by atoms with Crippen molar-refractivity contribution in [3.63, 3.8) is 0 Å². The van der Waals surface area contributed by atoms with E-state index in [1.807, 2.05) is 22.7 Å². The van der Waals surface area contributed by atoms with Crippen LogP contribution in [-0.4, -0.2) is 76.9 Å². The SMILES string of the molecule is COc1ccc(-c2nc3c(C)cc(C4CCN(C5CCN(C6CC6)CC5)CC4)cn3n2)cc1OC. The number of nitrogens with zero attached hydrogens (tertiary/aromatic N) is 5. The average molecular weight is 476 g/mol. The summed E-state index contributed by atoms with van der Waals surface area (Å²) >= 11 is 0. The Balaban J connectivity index is 1.15. The molecule has 35 heavy (non-hydrogen) atoms. The van der Waals surface area contributed by atoms with E-state index in [1.54, 1.807) is 14.2 Å². The van der Waals surface area contributed by atoms with E-state index < -0.39 is 0 Å². The third kappa shape index (κ3) is 4.52. The third-order valence-electron chi connectivity index (χ3n) is 8.36. The molecule has 0 amide bonds. The normalized spacial score (nSPS) is 21.0. The van der Waals surface area contributed by atoms with Gasteiger partial charge in [0.1, 0.15) is 0 Å². The van der Waals surface area contributed by atoms with Crippen molar-refractivity contribution in [1.29, 1.82) is 0 Å². The Morgan fingerprint density at radius 2 is 1.46 bits per heavy atom. The van der Waals surface area contributed by atoms with Crippen LogP contribution in [0.3, 0.4) is 0 Å². The first kappa shape index (κ1) is 22.8. The largest absolute Gasteiger partial charge is 0.493 e. The van der Waals surface area contributed by atoms with Gasteiger partial charge in [0.15, 0.2) is 23.0 Å². The number of likely N-dealkylation sites (tertiary alicyclic amines) is 2. The number of rotatable bonds is 6. The summed E-state index contributed by atoms with van der Waals surface area (Å²) in [5.41, 5.74) is 4.41. The van der Waals surface area contributed by atoms with Gasteiger partial charge in [-0.3, -0.25) is 0 Å². The zero-order valence-electron chi connectivity index (χ0n) is 21.2. The lowest BCUT2D eigenvalue weighted by Gasteiger charge is -2.42. The van der Waals surface area contributed by atoms with Crippen LogP contribution in [-0.2, 0) is 0 Å². The maximum Gasteiger partial charge on any atom is 0.182 e. The van der Waals surface area contributed by atoms with Crippen LogP contribution in [0, 0.1) is 6.92 Å². The van der Waals surface area contributed by atoms with Crippen molar-refractivity contribution in [1.82, 2.24) is 24.4 Å². The van der Waals surface area contributed by atoms with Crippen LogP contribution in [0.5, 0.6) is 11.5 Å². The molecular weight excluding hydrogens is 438 g/mol. The van der Waals surface area contributed by atoms with Crippen molar-refractivity contribution in [2.45, 2.75) is 63.5 Å². The Hall–Kier alpha value is -2.64. The molecule has 1 saturated carbocycles. The Morgan fingerprint density at radius 3 is 2.11 bits per heavy atom. The number of aryl methyl sites for hydroxylation is 1. The molecule has 0 N–H and O–H groups in total. The minimum atomic E-state index is 0.592. The highest BCUT2D eigenvalue weighted by Crippen LogP contribution is 2.35. The highest BCUT2D eigenvalue weighted by molar-refractivity contribution is 5.64. The second kappa shape index (κ2) is 9.43. The van der Waals surface area contributed by atoms with E-state index in [2.05, 4.69) is 29.0 Å². The quantitative estimate of drug-likeness (QED) is 0.522. The number of pyridine rings is 1.